The van der Waals surface area contributed by atoms with Gasteiger partial charge < -0.3 is 15.0 Å². The van der Waals surface area contributed by atoms with E-state index in [1.54, 1.807) is 38.1 Å². The zero-order valence-electron chi connectivity index (χ0n) is 18.1. The highest BCUT2D eigenvalue weighted by atomic mass is 32.2. The van der Waals surface area contributed by atoms with Crippen molar-refractivity contribution in [3.63, 3.8) is 0 Å². The fraction of sp³-hybridized carbons (Fsp3) is 0.217. The maximum atomic E-state index is 12.8. The van der Waals surface area contributed by atoms with E-state index in [9.17, 15) is 18.0 Å². The van der Waals surface area contributed by atoms with Crippen molar-refractivity contribution in [1.29, 1.82) is 0 Å². The van der Waals surface area contributed by atoms with E-state index >= 15 is 0 Å². The Kier molecular flexibility index (Phi) is 6.99. The number of carbonyl (C=O) groups excluding carboxylic acids is 1. The van der Waals surface area contributed by atoms with Crippen LogP contribution in [0.15, 0.2) is 64.3 Å². The summed E-state index contributed by atoms with van der Waals surface area (Å²) in [6.07, 6.45) is 0. The summed E-state index contributed by atoms with van der Waals surface area (Å²) in [7, 11) is -3.91. The Bertz CT molecular complexity index is 1280. The molecule has 32 heavy (non-hydrogen) atoms. The number of hydrogen-bond donors (Lipinski definition) is 3. The highest BCUT2D eigenvalue weighted by Crippen LogP contribution is 2.20. The molecule has 3 aromatic rings. The monoisotopic (exact) mass is 455 g/mol. The van der Waals surface area contributed by atoms with Crippen LogP contribution in [0.4, 0.5) is 5.69 Å². The van der Waals surface area contributed by atoms with Crippen molar-refractivity contribution in [3.05, 3.63) is 87.3 Å². The third-order valence-electron chi connectivity index (χ3n) is 4.74. The zero-order chi connectivity index (χ0) is 23.3. The number of carbonyl (C=O) groups is 1. The van der Waals surface area contributed by atoms with Gasteiger partial charge in [-0.1, -0.05) is 6.07 Å². The van der Waals surface area contributed by atoms with E-state index in [0.717, 1.165) is 11.3 Å². The highest BCUT2D eigenvalue weighted by Gasteiger charge is 2.17. The largest absolute Gasteiger partial charge is 0.494 e. The van der Waals surface area contributed by atoms with Gasteiger partial charge >= 0.3 is 0 Å². The number of rotatable bonds is 8. The topological polar surface area (TPSA) is 117 Å². The smallest absolute Gasteiger partial charge is 0.261 e. The molecular formula is C23H25N3O5S. The molecule has 8 nitrogen and oxygen atoms in total. The summed E-state index contributed by atoms with van der Waals surface area (Å²) in [6.45, 7) is 5.98. The molecule has 0 aliphatic carbocycles. The minimum atomic E-state index is -3.91. The van der Waals surface area contributed by atoms with Crippen LogP contribution in [0, 0.1) is 13.8 Å². The molecule has 3 N–H and O–H groups in total. The summed E-state index contributed by atoms with van der Waals surface area (Å²) in [6, 6.07) is 14.0. The standard InChI is InChI=1S/C23H25N3O5S/c1-4-31-19-10-8-18(9-11-19)26-32(29,30)20-7-5-6-17(13-20)22(27)24-14-21-15(2)12-16(3)25-23(21)28/h5-13,26H,4,14H2,1-3H3,(H,24,27)(H,25,28). The predicted molar refractivity (Wildman–Crippen MR) is 123 cm³/mol. The number of sulfonamides is 1. The summed E-state index contributed by atoms with van der Waals surface area (Å²) in [5.74, 6) is 0.152. The summed E-state index contributed by atoms with van der Waals surface area (Å²) in [5, 5.41) is 2.67. The minimum absolute atomic E-state index is 0.0295. The quantitative estimate of drug-likeness (QED) is 0.482. The molecule has 1 amide bonds. The van der Waals surface area contributed by atoms with Crippen LogP contribution in [0.2, 0.25) is 0 Å². The number of aromatic amines is 1. The number of hydrogen-bond acceptors (Lipinski definition) is 5. The molecule has 0 bridgehead atoms. The molecule has 0 radical (unpaired) electrons. The summed E-state index contributed by atoms with van der Waals surface area (Å²) in [4.78, 5) is 27.4. The van der Waals surface area contributed by atoms with Crippen LogP contribution in [0.25, 0.3) is 0 Å². The molecule has 2 aromatic carbocycles. The number of benzene rings is 2. The highest BCUT2D eigenvalue weighted by molar-refractivity contribution is 7.92. The molecule has 0 atom stereocenters. The summed E-state index contributed by atoms with van der Waals surface area (Å²) in [5.41, 5.74) is 2.23. The lowest BCUT2D eigenvalue weighted by Crippen LogP contribution is -2.28. The molecule has 1 aromatic heterocycles. The normalized spacial score (nSPS) is 11.1. The lowest BCUT2D eigenvalue weighted by atomic mass is 10.1. The van der Waals surface area contributed by atoms with Gasteiger partial charge in [-0.15, -0.1) is 0 Å². The molecule has 0 saturated heterocycles. The number of ether oxygens (including phenoxy) is 1. The van der Waals surface area contributed by atoms with Crippen LogP contribution in [-0.4, -0.2) is 25.9 Å². The van der Waals surface area contributed by atoms with Gasteiger partial charge in [0.2, 0.25) is 0 Å². The summed E-state index contributed by atoms with van der Waals surface area (Å²) >= 11 is 0. The zero-order valence-corrected chi connectivity index (χ0v) is 18.9. The van der Waals surface area contributed by atoms with E-state index in [1.807, 2.05) is 13.0 Å². The first-order valence-corrected chi connectivity index (χ1v) is 11.5. The Balaban J connectivity index is 1.73. The molecule has 0 aliphatic heterocycles. The molecule has 1 heterocycles. The Morgan fingerprint density at radius 3 is 2.44 bits per heavy atom. The van der Waals surface area contributed by atoms with Crippen LogP contribution in [0.1, 0.15) is 34.1 Å². The van der Waals surface area contributed by atoms with Crippen molar-refractivity contribution in [2.24, 2.45) is 0 Å². The minimum Gasteiger partial charge on any atom is -0.494 e. The van der Waals surface area contributed by atoms with E-state index in [0.29, 0.717) is 23.6 Å². The van der Waals surface area contributed by atoms with E-state index in [2.05, 4.69) is 15.0 Å². The first-order valence-electron chi connectivity index (χ1n) is 10.0. The molecule has 0 fully saturated rings. The van der Waals surface area contributed by atoms with E-state index < -0.39 is 15.9 Å². The molecule has 0 spiro atoms. The maximum absolute atomic E-state index is 12.8. The van der Waals surface area contributed by atoms with Crippen molar-refractivity contribution < 1.29 is 17.9 Å². The van der Waals surface area contributed by atoms with Gasteiger partial charge in [0.15, 0.2) is 0 Å². The first kappa shape index (κ1) is 23.1. The van der Waals surface area contributed by atoms with Gasteiger partial charge in [0.05, 0.1) is 11.5 Å². The fourth-order valence-electron chi connectivity index (χ4n) is 3.18. The van der Waals surface area contributed by atoms with Crippen LogP contribution in [0.5, 0.6) is 5.75 Å². The Labute approximate surface area is 186 Å². The van der Waals surface area contributed by atoms with Gasteiger partial charge in [-0.25, -0.2) is 8.42 Å². The number of anilines is 1. The second-order valence-corrected chi connectivity index (χ2v) is 8.90. The molecule has 0 saturated carbocycles. The number of H-pyrrole nitrogens is 1. The van der Waals surface area contributed by atoms with Crippen molar-refractivity contribution in [2.45, 2.75) is 32.2 Å². The number of nitrogens with one attached hydrogen (secondary N) is 3. The van der Waals surface area contributed by atoms with E-state index in [1.165, 1.54) is 24.3 Å². The molecule has 168 valence electrons. The van der Waals surface area contributed by atoms with Gasteiger partial charge in [-0.05, 0) is 74.9 Å². The van der Waals surface area contributed by atoms with Crippen molar-refractivity contribution in [1.82, 2.24) is 10.3 Å². The third-order valence-corrected chi connectivity index (χ3v) is 6.12. The lowest BCUT2D eigenvalue weighted by Gasteiger charge is -2.11. The summed E-state index contributed by atoms with van der Waals surface area (Å²) < 4.78 is 33.4. The van der Waals surface area contributed by atoms with Crippen molar-refractivity contribution >= 4 is 21.6 Å². The first-order chi connectivity index (χ1) is 15.2. The Hall–Kier alpha value is -3.59. The average Bonchev–Trinajstić information content (AvgIpc) is 2.74. The predicted octanol–water partition coefficient (Wildman–Crippen LogP) is 3.12. The van der Waals surface area contributed by atoms with Crippen LogP contribution in [-0.2, 0) is 16.6 Å². The average molecular weight is 456 g/mol. The van der Waals surface area contributed by atoms with E-state index in [-0.39, 0.29) is 22.6 Å². The van der Waals surface area contributed by atoms with Gasteiger partial charge in [0.1, 0.15) is 5.75 Å². The fourth-order valence-corrected chi connectivity index (χ4v) is 4.28. The molecule has 0 unspecified atom stereocenters. The molecule has 3 rings (SSSR count). The number of aromatic nitrogens is 1. The Morgan fingerprint density at radius 1 is 1.06 bits per heavy atom. The van der Waals surface area contributed by atoms with Crippen molar-refractivity contribution in [3.8, 4) is 5.75 Å². The number of amides is 1. The SMILES string of the molecule is CCOc1ccc(NS(=O)(=O)c2cccc(C(=O)NCc3c(C)cc(C)[nH]c3=O)c2)cc1. The number of pyridine rings is 1. The van der Waals surface area contributed by atoms with Gasteiger partial charge in [-0.3, -0.25) is 14.3 Å². The van der Waals surface area contributed by atoms with Crippen LogP contribution in [0.3, 0.4) is 0 Å². The molecule has 0 aliphatic rings. The molecule has 9 heteroatoms. The van der Waals surface area contributed by atoms with Crippen LogP contribution >= 0.6 is 0 Å². The van der Waals surface area contributed by atoms with E-state index in [4.69, 9.17) is 4.74 Å². The van der Waals surface area contributed by atoms with Gasteiger partial charge in [0.25, 0.3) is 21.5 Å². The van der Waals surface area contributed by atoms with Crippen molar-refractivity contribution in [2.75, 3.05) is 11.3 Å². The van der Waals surface area contributed by atoms with Gasteiger partial charge in [0, 0.05) is 29.1 Å². The third kappa shape index (κ3) is 5.55. The molecular weight excluding hydrogens is 430 g/mol. The Morgan fingerprint density at radius 2 is 1.78 bits per heavy atom. The second kappa shape index (κ2) is 9.69. The van der Waals surface area contributed by atoms with Gasteiger partial charge in [-0.2, -0.15) is 0 Å². The van der Waals surface area contributed by atoms with Crippen LogP contribution < -0.4 is 20.3 Å². The second-order valence-electron chi connectivity index (χ2n) is 7.22. The maximum Gasteiger partial charge on any atom is 0.261 e. The number of aryl methyl sites for hydroxylation is 2. The lowest BCUT2D eigenvalue weighted by molar-refractivity contribution is 0.0950.